The van der Waals surface area contributed by atoms with Gasteiger partial charge in [0.15, 0.2) is 0 Å². The largest absolute Gasteiger partial charge is 0.371 e. The van der Waals surface area contributed by atoms with Crippen LogP contribution >= 0.6 is 0 Å². The van der Waals surface area contributed by atoms with Gasteiger partial charge in [-0.25, -0.2) is 4.39 Å². The Morgan fingerprint density at radius 1 is 1.43 bits per heavy atom. The normalized spacial score (nSPS) is 20.5. The number of aryl methyl sites for hydroxylation is 1. The summed E-state index contributed by atoms with van der Waals surface area (Å²) in [4.78, 5) is 14.0. The number of rotatable bonds is 2. The third kappa shape index (κ3) is 1.70. The van der Waals surface area contributed by atoms with Crippen molar-refractivity contribution in [1.82, 2.24) is 4.57 Å². The molecule has 2 heterocycles. The molecule has 0 saturated heterocycles. The van der Waals surface area contributed by atoms with Gasteiger partial charge in [0, 0.05) is 18.8 Å². The smallest absolute Gasteiger partial charge is 0.270 e. The van der Waals surface area contributed by atoms with Crippen LogP contribution in [0, 0.1) is 18.2 Å². The van der Waals surface area contributed by atoms with Crippen LogP contribution in [-0.2, 0) is 17.4 Å². The minimum absolute atomic E-state index is 0.0181. The van der Waals surface area contributed by atoms with E-state index in [-0.39, 0.29) is 12.1 Å². The lowest BCUT2D eigenvalue weighted by atomic mass is 9.91. The zero-order chi connectivity index (χ0) is 15.2. The summed E-state index contributed by atoms with van der Waals surface area (Å²) < 4.78 is 15.2. The van der Waals surface area contributed by atoms with Gasteiger partial charge in [-0.2, -0.15) is 0 Å². The fourth-order valence-corrected chi connectivity index (χ4v) is 2.79. The molecule has 0 unspecified atom stereocenters. The van der Waals surface area contributed by atoms with Crippen LogP contribution in [-0.4, -0.2) is 22.1 Å². The predicted molar refractivity (Wildman–Crippen MR) is 76.0 cm³/mol. The molecule has 2 aromatic rings. The number of hydrogen-bond acceptors (Lipinski definition) is 2. The van der Waals surface area contributed by atoms with Gasteiger partial charge in [-0.05, 0) is 30.3 Å². The second-order valence-electron chi connectivity index (χ2n) is 4.97. The molecule has 1 aliphatic rings. The van der Waals surface area contributed by atoms with Crippen molar-refractivity contribution >= 4 is 11.6 Å². The van der Waals surface area contributed by atoms with Gasteiger partial charge in [-0.3, -0.25) is 9.69 Å². The van der Waals surface area contributed by atoms with Gasteiger partial charge in [-0.15, -0.1) is 6.42 Å². The summed E-state index contributed by atoms with van der Waals surface area (Å²) in [5, 5.41) is 11.0. The minimum atomic E-state index is -1.92. The molecular weight excluding hydrogens is 271 g/mol. The Labute approximate surface area is 121 Å². The third-order valence-corrected chi connectivity index (χ3v) is 3.76. The number of halogens is 1. The van der Waals surface area contributed by atoms with Crippen LogP contribution in [0.4, 0.5) is 10.1 Å². The van der Waals surface area contributed by atoms with E-state index in [4.69, 9.17) is 6.42 Å². The number of amides is 1. The van der Waals surface area contributed by atoms with Crippen LogP contribution in [0.25, 0.3) is 0 Å². The molecule has 3 rings (SSSR count). The van der Waals surface area contributed by atoms with Gasteiger partial charge in [-0.1, -0.05) is 5.92 Å². The summed E-state index contributed by atoms with van der Waals surface area (Å²) in [5.74, 6) is 1.30. The summed E-state index contributed by atoms with van der Waals surface area (Å²) in [5.41, 5.74) is -0.904. The molecule has 106 valence electrons. The highest BCUT2D eigenvalue weighted by atomic mass is 19.1. The van der Waals surface area contributed by atoms with Gasteiger partial charge in [0.2, 0.25) is 5.60 Å². The van der Waals surface area contributed by atoms with E-state index in [1.165, 1.54) is 23.1 Å². The first-order chi connectivity index (χ1) is 10.00. The Morgan fingerprint density at radius 3 is 2.81 bits per heavy atom. The summed E-state index contributed by atoms with van der Waals surface area (Å²) in [6.45, 7) is 0.0181. The van der Waals surface area contributed by atoms with E-state index < -0.39 is 17.3 Å². The number of benzene rings is 1. The van der Waals surface area contributed by atoms with Crippen molar-refractivity contribution in [2.75, 3.05) is 11.4 Å². The molecule has 0 bridgehead atoms. The number of fused-ring (bicyclic) bond motifs is 1. The monoisotopic (exact) mass is 284 g/mol. The van der Waals surface area contributed by atoms with Gasteiger partial charge in [0.05, 0.1) is 17.9 Å². The average molecular weight is 284 g/mol. The lowest BCUT2D eigenvalue weighted by molar-refractivity contribution is -0.132. The quantitative estimate of drug-likeness (QED) is 0.847. The Balaban J connectivity index is 2.28. The van der Waals surface area contributed by atoms with E-state index in [0.29, 0.717) is 11.4 Å². The number of carbonyl (C=O) groups is 1. The van der Waals surface area contributed by atoms with Crippen molar-refractivity contribution in [3.8, 4) is 12.3 Å². The van der Waals surface area contributed by atoms with Crippen LogP contribution < -0.4 is 4.90 Å². The first-order valence-electron chi connectivity index (χ1n) is 6.39. The van der Waals surface area contributed by atoms with Crippen molar-refractivity contribution in [1.29, 1.82) is 0 Å². The van der Waals surface area contributed by atoms with E-state index in [9.17, 15) is 14.3 Å². The Kier molecular flexibility index (Phi) is 2.85. The molecule has 1 atom stereocenters. The number of aliphatic hydroxyl groups is 1. The predicted octanol–water partition coefficient (Wildman–Crippen LogP) is 1.38. The zero-order valence-corrected chi connectivity index (χ0v) is 11.4. The Morgan fingerprint density at radius 2 is 2.19 bits per heavy atom. The number of carbonyl (C=O) groups excluding carboxylic acids is 1. The van der Waals surface area contributed by atoms with Crippen LogP contribution in [0.2, 0.25) is 0 Å². The number of hydrogen-bond donors (Lipinski definition) is 1. The number of aromatic nitrogens is 1. The minimum Gasteiger partial charge on any atom is -0.371 e. The number of anilines is 1. The van der Waals surface area contributed by atoms with Crippen molar-refractivity contribution in [2.45, 2.75) is 5.60 Å². The highest BCUT2D eigenvalue weighted by molar-refractivity contribution is 6.09. The average Bonchev–Trinajstić information content (AvgIpc) is 2.97. The summed E-state index contributed by atoms with van der Waals surface area (Å²) in [6, 6.07) is 7.22. The Hall–Kier alpha value is -2.58. The second-order valence-corrected chi connectivity index (χ2v) is 4.97. The molecule has 21 heavy (non-hydrogen) atoms. The van der Waals surface area contributed by atoms with Crippen molar-refractivity contribution in [2.24, 2.45) is 7.05 Å². The SMILES string of the molecule is C#CCN1C(=O)[C@@](O)(c2cccn2C)c2cc(F)ccc21. The van der Waals surface area contributed by atoms with Crippen LogP contribution in [0.1, 0.15) is 11.3 Å². The van der Waals surface area contributed by atoms with E-state index in [1.54, 1.807) is 29.9 Å². The molecule has 1 amide bonds. The maximum absolute atomic E-state index is 13.6. The molecule has 1 aromatic carbocycles. The zero-order valence-electron chi connectivity index (χ0n) is 11.4. The highest BCUT2D eigenvalue weighted by Gasteiger charge is 2.52. The summed E-state index contributed by atoms with van der Waals surface area (Å²) >= 11 is 0. The van der Waals surface area contributed by atoms with E-state index in [1.807, 2.05) is 0 Å². The molecule has 0 spiro atoms. The lowest BCUT2D eigenvalue weighted by Crippen LogP contribution is -2.42. The van der Waals surface area contributed by atoms with Crippen LogP contribution in [0.5, 0.6) is 0 Å². The molecular formula is C16H13FN2O2. The maximum atomic E-state index is 13.6. The summed E-state index contributed by atoms with van der Waals surface area (Å²) in [6.07, 6.45) is 7.00. The number of nitrogens with zero attached hydrogens (tertiary/aromatic N) is 2. The molecule has 1 N–H and O–H groups in total. The first kappa shape index (κ1) is 13.4. The van der Waals surface area contributed by atoms with Crippen LogP contribution in [0.15, 0.2) is 36.5 Å². The standard InChI is InChI=1S/C16H13FN2O2/c1-3-8-19-13-7-6-11(17)10-12(13)16(21,15(19)20)14-5-4-9-18(14)2/h1,4-7,9-10,21H,8H2,2H3/t16-/m0/s1. The molecule has 5 heteroatoms. The molecule has 0 aliphatic carbocycles. The molecule has 1 aromatic heterocycles. The molecule has 0 radical (unpaired) electrons. The van der Waals surface area contributed by atoms with Gasteiger partial charge >= 0.3 is 0 Å². The Bertz CT molecular complexity index is 775. The highest BCUT2D eigenvalue weighted by Crippen LogP contribution is 2.44. The van der Waals surface area contributed by atoms with Gasteiger partial charge in [0.25, 0.3) is 5.91 Å². The lowest BCUT2D eigenvalue weighted by Gasteiger charge is -2.23. The molecule has 0 fully saturated rings. The van der Waals surface area contributed by atoms with Crippen molar-refractivity contribution in [3.05, 3.63) is 53.6 Å². The van der Waals surface area contributed by atoms with Gasteiger partial charge in [0.1, 0.15) is 5.82 Å². The molecule has 0 saturated carbocycles. The second kappa shape index (κ2) is 4.47. The molecule has 4 nitrogen and oxygen atoms in total. The number of terminal acetylenes is 1. The summed E-state index contributed by atoms with van der Waals surface area (Å²) in [7, 11) is 1.71. The third-order valence-electron chi connectivity index (χ3n) is 3.76. The van der Waals surface area contributed by atoms with Gasteiger partial charge < -0.3 is 9.67 Å². The van der Waals surface area contributed by atoms with E-state index in [0.717, 1.165) is 0 Å². The first-order valence-corrected chi connectivity index (χ1v) is 6.39. The maximum Gasteiger partial charge on any atom is 0.270 e. The molecule has 1 aliphatic heterocycles. The van der Waals surface area contributed by atoms with E-state index >= 15 is 0 Å². The van der Waals surface area contributed by atoms with Crippen molar-refractivity contribution < 1.29 is 14.3 Å². The fourth-order valence-electron chi connectivity index (χ4n) is 2.79. The topological polar surface area (TPSA) is 45.5 Å². The van der Waals surface area contributed by atoms with Crippen molar-refractivity contribution in [3.63, 3.8) is 0 Å². The van der Waals surface area contributed by atoms with Crippen LogP contribution in [0.3, 0.4) is 0 Å². The van der Waals surface area contributed by atoms with E-state index in [2.05, 4.69) is 5.92 Å². The fraction of sp³-hybridized carbons (Fsp3) is 0.188.